The standard InChI is InChI=1S/C22H28N2O2/c1-14(2)10-15(3)20-21(23)16(12-18-6-4-8-25-18)11-17(22(20)24)13-19-7-5-9-26-19/h4-9,11,14-15H,10,12-13,23-24H2,1-3H3. The minimum Gasteiger partial charge on any atom is -0.469 e. The zero-order chi connectivity index (χ0) is 18.7. The van der Waals surface area contributed by atoms with E-state index < -0.39 is 0 Å². The van der Waals surface area contributed by atoms with Crippen molar-refractivity contribution in [2.75, 3.05) is 11.5 Å². The average molecular weight is 352 g/mol. The SMILES string of the molecule is CC(C)CC(C)c1c(N)c(Cc2ccco2)cc(Cc2ccco2)c1N. The molecular formula is C22H28N2O2. The van der Waals surface area contributed by atoms with Gasteiger partial charge in [0.25, 0.3) is 0 Å². The molecule has 138 valence electrons. The summed E-state index contributed by atoms with van der Waals surface area (Å²) in [6.07, 6.45) is 5.74. The lowest BCUT2D eigenvalue weighted by molar-refractivity contribution is 0.516. The first kappa shape index (κ1) is 18.2. The summed E-state index contributed by atoms with van der Waals surface area (Å²) < 4.78 is 11.1. The summed E-state index contributed by atoms with van der Waals surface area (Å²) in [5.41, 5.74) is 17.9. The van der Waals surface area contributed by atoms with Crippen molar-refractivity contribution in [3.8, 4) is 0 Å². The molecule has 0 saturated carbocycles. The lowest BCUT2D eigenvalue weighted by Crippen LogP contribution is -2.12. The van der Waals surface area contributed by atoms with Gasteiger partial charge in [-0.1, -0.05) is 26.8 Å². The minimum absolute atomic E-state index is 0.293. The van der Waals surface area contributed by atoms with Crippen LogP contribution in [0.2, 0.25) is 0 Å². The maximum absolute atomic E-state index is 6.57. The van der Waals surface area contributed by atoms with Gasteiger partial charge >= 0.3 is 0 Å². The Kier molecular flexibility index (Phi) is 5.40. The van der Waals surface area contributed by atoms with Crippen molar-refractivity contribution in [2.45, 2.75) is 46.0 Å². The predicted octanol–water partition coefficient (Wildman–Crippen LogP) is 5.37. The van der Waals surface area contributed by atoms with Gasteiger partial charge in [-0.2, -0.15) is 0 Å². The molecule has 1 aromatic carbocycles. The largest absolute Gasteiger partial charge is 0.469 e. The molecule has 0 aliphatic rings. The molecule has 0 amide bonds. The highest BCUT2D eigenvalue weighted by Gasteiger charge is 2.21. The van der Waals surface area contributed by atoms with Crippen molar-refractivity contribution in [3.05, 3.63) is 71.1 Å². The number of benzene rings is 1. The highest BCUT2D eigenvalue weighted by atomic mass is 16.3. The Morgan fingerprint density at radius 2 is 1.35 bits per heavy atom. The first-order valence-corrected chi connectivity index (χ1v) is 9.20. The smallest absolute Gasteiger partial charge is 0.108 e. The normalized spacial score (nSPS) is 12.6. The van der Waals surface area contributed by atoms with E-state index in [0.29, 0.717) is 24.7 Å². The predicted molar refractivity (Wildman–Crippen MR) is 106 cm³/mol. The molecule has 2 aromatic heterocycles. The Bertz CT molecular complexity index is 773. The van der Waals surface area contributed by atoms with Gasteiger partial charge in [0.05, 0.1) is 12.5 Å². The Hall–Kier alpha value is -2.62. The molecule has 1 unspecified atom stereocenters. The molecular weight excluding hydrogens is 324 g/mol. The molecule has 0 fully saturated rings. The van der Waals surface area contributed by atoms with Crippen molar-refractivity contribution in [2.24, 2.45) is 5.92 Å². The lowest BCUT2D eigenvalue weighted by Gasteiger charge is -2.23. The zero-order valence-electron chi connectivity index (χ0n) is 15.8. The number of nitrogens with two attached hydrogens (primary N) is 2. The van der Waals surface area contributed by atoms with Crippen molar-refractivity contribution in [1.29, 1.82) is 0 Å². The van der Waals surface area contributed by atoms with Gasteiger partial charge in [0, 0.05) is 29.8 Å². The van der Waals surface area contributed by atoms with Gasteiger partial charge in [0.1, 0.15) is 11.5 Å². The molecule has 26 heavy (non-hydrogen) atoms. The summed E-state index contributed by atoms with van der Waals surface area (Å²) in [6.45, 7) is 6.65. The number of nitrogen functional groups attached to an aromatic ring is 2. The molecule has 4 heteroatoms. The van der Waals surface area contributed by atoms with Crippen LogP contribution in [0.3, 0.4) is 0 Å². The van der Waals surface area contributed by atoms with Gasteiger partial charge < -0.3 is 20.3 Å². The number of hydrogen-bond acceptors (Lipinski definition) is 4. The summed E-state index contributed by atoms with van der Waals surface area (Å²) in [5.74, 6) is 2.66. The average Bonchev–Trinajstić information content (AvgIpc) is 3.25. The van der Waals surface area contributed by atoms with Crippen molar-refractivity contribution < 1.29 is 8.83 Å². The van der Waals surface area contributed by atoms with Crippen molar-refractivity contribution in [3.63, 3.8) is 0 Å². The van der Waals surface area contributed by atoms with Gasteiger partial charge in [-0.05, 0) is 53.6 Å². The van der Waals surface area contributed by atoms with Crippen LogP contribution in [0.4, 0.5) is 11.4 Å². The molecule has 4 N–H and O–H groups in total. The molecule has 4 nitrogen and oxygen atoms in total. The van der Waals surface area contributed by atoms with Crippen LogP contribution in [0.1, 0.15) is 61.3 Å². The molecule has 3 aromatic rings. The third kappa shape index (κ3) is 3.96. The van der Waals surface area contributed by atoms with Crippen LogP contribution in [-0.4, -0.2) is 0 Å². The number of furan rings is 2. The van der Waals surface area contributed by atoms with Crippen LogP contribution in [0.25, 0.3) is 0 Å². The maximum atomic E-state index is 6.57. The van der Waals surface area contributed by atoms with E-state index in [0.717, 1.165) is 46.0 Å². The molecule has 0 radical (unpaired) electrons. The van der Waals surface area contributed by atoms with Crippen molar-refractivity contribution in [1.82, 2.24) is 0 Å². The highest BCUT2D eigenvalue weighted by Crippen LogP contribution is 2.38. The molecule has 0 spiro atoms. The Morgan fingerprint density at radius 1 is 0.846 bits per heavy atom. The van der Waals surface area contributed by atoms with Gasteiger partial charge in [-0.15, -0.1) is 0 Å². The Morgan fingerprint density at radius 3 is 1.73 bits per heavy atom. The second-order valence-electron chi connectivity index (χ2n) is 7.48. The maximum Gasteiger partial charge on any atom is 0.108 e. The quantitative estimate of drug-likeness (QED) is 0.560. The van der Waals surface area contributed by atoms with Crippen molar-refractivity contribution >= 4 is 11.4 Å². The van der Waals surface area contributed by atoms with E-state index >= 15 is 0 Å². The second-order valence-corrected chi connectivity index (χ2v) is 7.48. The summed E-state index contributed by atoms with van der Waals surface area (Å²) in [7, 11) is 0. The third-order valence-electron chi connectivity index (χ3n) is 4.83. The van der Waals surface area contributed by atoms with Gasteiger partial charge in [0.2, 0.25) is 0 Å². The van der Waals surface area contributed by atoms with E-state index in [-0.39, 0.29) is 0 Å². The molecule has 0 bridgehead atoms. The van der Waals surface area contributed by atoms with Crippen LogP contribution >= 0.6 is 0 Å². The molecule has 1 atom stereocenters. The summed E-state index contributed by atoms with van der Waals surface area (Å²) in [4.78, 5) is 0. The molecule has 0 aliphatic heterocycles. The van der Waals surface area contributed by atoms with E-state index in [9.17, 15) is 0 Å². The topological polar surface area (TPSA) is 78.3 Å². The van der Waals surface area contributed by atoms with E-state index in [4.69, 9.17) is 20.3 Å². The monoisotopic (exact) mass is 352 g/mol. The van der Waals surface area contributed by atoms with Gasteiger partial charge in [0.15, 0.2) is 0 Å². The molecule has 3 rings (SSSR count). The number of rotatable bonds is 7. The minimum atomic E-state index is 0.293. The Labute approximate surface area is 155 Å². The van der Waals surface area contributed by atoms with E-state index in [1.54, 1.807) is 12.5 Å². The number of hydrogen-bond donors (Lipinski definition) is 2. The molecule has 2 heterocycles. The first-order chi connectivity index (χ1) is 12.5. The fourth-order valence-electron chi connectivity index (χ4n) is 3.71. The fraction of sp³-hybridized carbons (Fsp3) is 0.364. The Balaban J connectivity index is 2.05. The third-order valence-corrected chi connectivity index (χ3v) is 4.83. The van der Waals surface area contributed by atoms with Gasteiger partial charge in [-0.3, -0.25) is 0 Å². The van der Waals surface area contributed by atoms with Crippen LogP contribution in [0.5, 0.6) is 0 Å². The highest BCUT2D eigenvalue weighted by molar-refractivity contribution is 5.71. The lowest BCUT2D eigenvalue weighted by atomic mass is 9.85. The van der Waals surface area contributed by atoms with Crippen LogP contribution < -0.4 is 11.5 Å². The summed E-state index contributed by atoms with van der Waals surface area (Å²) >= 11 is 0. The van der Waals surface area contributed by atoms with Gasteiger partial charge in [-0.25, -0.2) is 0 Å². The first-order valence-electron chi connectivity index (χ1n) is 9.20. The van der Waals surface area contributed by atoms with Crippen LogP contribution in [-0.2, 0) is 12.8 Å². The summed E-state index contributed by atoms with van der Waals surface area (Å²) in [5, 5.41) is 0. The zero-order valence-corrected chi connectivity index (χ0v) is 15.8. The molecule has 0 saturated heterocycles. The van der Waals surface area contributed by atoms with E-state index in [2.05, 4.69) is 26.8 Å². The summed E-state index contributed by atoms with van der Waals surface area (Å²) in [6, 6.07) is 9.84. The van der Waals surface area contributed by atoms with E-state index in [1.807, 2.05) is 24.3 Å². The second kappa shape index (κ2) is 7.73. The van der Waals surface area contributed by atoms with Crippen LogP contribution in [0.15, 0.2) is 51.7 Å². The fourth-order valence-corrected chi connectivity index (χ4v) is 3.71. The van der Waals surface area contributed by atoms with E-state index in [1.165, 1.54) is 0 Å². The number of anilines is 2. The van der Waals surface area contributed by atoms with Crippen LogP contribution in [0, 0.1) is 5.92 Å². The molecule has 0 aliphatic carbocycles.